The summed E-state index contributed by atoms with van der Waals surface area (Å²) in [6.45, 7) is 4.30. The number of amides is 1. The average Bonchev–Trinajstić information content (AvgIpc) is 2.99. The Morgan fingerprint density at radius 2 is 1.46 bits per heavy atom. The third kappa shape index (κ3) is 8.72. The van der Waals surface area contributed by atoms with E-state index in [0.29, 0.717) is 12.3 Å². The number of ether oxygens (including phenoxy) is 2. The highest BCUT2D eigenvalue weighted by Crippen LogP contribution is 2.26. The molecule has 1 N–H and O–H groups in total. The number of halogens is 2. The first-order valence-corrected chi connectivity index (χ1v) is 14.6. The molecule has 0 radical (unpaired) electrons. The monoisotopic (exact) mass is 560 g/mol. The van der Waals surface area contributed by atoms with E-state index in [9.17, 15) is 13.6 Å². The lowest BCUT2D eigenvalue weighted by atomic mass is 9.92. The smallest absolute Gasteiger partial charge is 0.221 e. The molecule has 0 saturated carbocycles. The molecule has 0 aliphatic carbocycles. The zero-order valence-electron chi connectivity index (χ0n) is 23.3. The van der Waals surface area contributed by atoms with Gasteiger partial charge in [0.2, 0.25) is 5.91 Å². The fraction of sp³-hybridized carbons (Fsp3) is 0.382. The SMILES string of the molecule is O=C(CC1CCN(C/C=C/c2ccc(OC3CCOCC3)cc2)CC1)NC(c1ccc(F)cc1)c1ccc(F)cc1. The van der Waals surface area contributed by atoms with Gasteiger partial charge in [0.05, 0.1) is 19.3 Å². The highest BCUT2D eigenvalue weighted by atomic mass is 19.1. The van der Waals surface area contributed by atoms with Gasteiger partial charge >= 0.3 is 0 Å². The van der Waals surface area contributed by atoms with Crippen molar-refractivity contribution in [2.24, 2.45) is 5.92 Å². The summed E-state index contributed by atoms with van der Waals surface area (Å²) in [5.41, 5.74) is 2.66. The van der Waals surface area contributed by atoms with Crippen LogP contribution in [0.1, 0.15) is 54.8 Å². The lowest BCUT2D eigenvalue weighted by Gasteiger charge is -2.31. The van der Waals surface area contributed by atoms with Gasteiger partial charge in [0.1, 0.15) is 23.5 Å². The number of nitrogens with one attached hydrogen (secondary N) is 1. The molecule has 216 valence electrons. The third-order valence-corrected chi connectivity index (χ3v) is 7.92. The van der Waals surface area contributed by atoms with Gasteiger partial charge in [-0.3, -0.25) is 9.69 Å². The molecule has 0 spiro atoms. The van der Waals surface area contributed by atoms with Gasteiger partial charge in [-0.1, -0.05) is 48.6 Å². The number of hydrogen-bond acceptors (Lipinski definition) is 4. The fourth-order valence-corrected chi connectivity index (χ4v) is 5.51. The van der Waals surface area contributed by atoms with Gasteiger partial charge < -0.3 is 14.8 Å². The van der Waals surface area contributed by atoms with E-state index in [1.165, 1.54) is 24.3 Å². The molecule has 2 heterocycles. The van der Waals surface area contributed by atoms with Crippen LogP contribution in [0.2, 0.25) is 0 Å². The minimum absolute atomic E-state index is 0.0498. The maximum Gasteiger partial charge on any atom is 0.221 e. The summed E-state index contributed by atoms with van der Waals surface area (Å²) < 4.78 is 38.5. The normalized spacial score (nSPS) is 17.2. The van der Waals surface area contributed by atoms with Crippen molar-refractivity contribution >= 4 is 12.0 Å². The van der Waals surface area contributed by atoms with Gasteiger partial charge in [-0.25, -0.2) is 8.78 Å². The number of carbonyl (C=O) groups excluding carboxylic acids is 1. The third-order valence-electron chi connectivity index (χ3n) is 7.92. The second-order valence-electron chi connectivity index (χ2n) is 11.0. The van der Waals surface area contributed by atoms with Crippen LogP contribution in [0.15, 0.2) is 78.9 Å². The van der Waals surface area contributed by atoms with E-state index in [1.807, 2.05) is 12.1 Å². The van der Waals surface area contributed by atoms with E-state index in [2.05, 4.69) is 34.5 Å². The van der Waals surface area contributed by atoms with Gasteiger partial charge in [0.25, 0.3) is 0 Å². The number of piperidine rings is 1. The Morgan fingerprint density at radius 3 is 2.05 bits per heavy atom. The quantitative estimate of drug-likeness (QED) is 0.306. The van der Waals surface area contributed by atoms with Crippen molar-refractivity contribution in [2.45, 2.75) is 44.2 Å². The summed E-state index contributed by atoms with van der Waals surface area (Å²) in [6, 6.07) is 19.9. The van der Waals surface area contributed by atoms with Crippen LogP contribution >= 0.6 is 0 Å². The van der Waals surface area contributed by atoms with Crippen molar-refractivity contribution in [3.8, 4) is 5.75 Å². The average molecular weight is 561 g/mol. The van der Waals surface area contributed by atoms with Crippen LogP contribution in [0.25, 0.3) is 6.08 Å². The summed E-state index contributed by atoms with van der Waals surface area (Å²) in [5.74, 6) is 0.481. The number of rotatable bonds is 10. The Labute approximate surface area is 241 Å². The van der Waals surface area contributed by atoms with Crippen LogP contribution in [0.3, 0.4) is 0 Å². The molecule has 2 saturated heterocycles. The Bertz CT molecular complexity index is 1220. The van der Waals surface area contributed by atoms with E-state index in [0.717, 1.165) is 81.0 Å². The highest BCUT2D eigenvalue weighted by molar-refractivity contribution is 5.77. The molecule has 1 amide bonds. The Hall–Kier alpha value is -3.55. The van der Waals surface area contributed by atoms with Crippen molar-refractivity contribution in [3.63, 3.8) is 0 Å². The molecule has 2 aliphatic rings. The molecular formula is C34H38F2N2O3. The second-order valence-corrected chi connectivity index (χ2v) is 11.0. The number of hydrogen-bond donors (Lipinski definition) is 1. The zero-order chi connectivity index (χ0) is 28.4. The van der Waals surface area contributed by atoms with Crippen molar-refractivity contribution < 1.29 is 23.0 Å². The van der Waals surface area contributed by atoms with E-state index < -0.39 is 6.04 Å². The first kappa shape index (κ1) is 29.0. The maximum absolute atomic E-state index is 13.5. The van der Waals surface area contributed by atoms with Gasteiger partial charge in [0, 0.05) is 25.8 Å². The summed E-state index contributed by atoms with van der Waals surface area (Å²) >= 11 is 0. The molecule has 3 aromatic rings. The van der Waals surface area contributed by atoms with Crippen LogP contribution in [0, 0.1) is 17.6 Å². The second kappa shape index (κ2) is 14.4. The molecule has 7 heteroatoms. The van der Waals surface area contributed by atoms with Crippen LogP contribution < -0.4 is 10.1 Å². The van der Waals surface area contributed by atoms with E-state index in [1.54, 1.807) is 24.3 Å². The van der Waals surface area contributed by atoms with Crippen LogP contribution in [-0.4, -0.2) is 49.8 Å². The summed E-state index contributed by atoms with van der Waals surface area (Å²) in [4.78, 5) is 15.5. The molecule has 2 fully saturated rings. The lowest BCUT2D eigenvalue weighted by molar-refractivity contribution is -0.122. The molecule has 3 aromatic carbocycles. The molecular weight excluding hydrogens is 522 g/mol. The number of likely N-dealkylation sites (tertiary alicyclic amines) is 1. The fourth-order valence-electron chi connectivity index (χ4n) is 5.51. The standard InChI is InChI=1S/C34H38F2N2O3/c35-29-9-5-27(6-10-29)34(28-7-11-30(36)12-8-28)37-33(39)24-26-15-20-38(21-16-26)19-1-2-25-3-13-31(14-4-25)41-32-17-22-40-23-18-32/h1-14,26,32,34H,15-24H2,(H,37,39)/b2-1+. The van der Waals surface area contributed by atoms with Gasteiger partial charge in [-0.15, -0.1) is 0 Å². The van der Waals surface area contributed by atoms with Crippen LogP contribution in [0.4, 0.5) is 8.78 Å². The molecule has 5 nitrogen and oxygen atoms in total. The minimum Gasteiger partial charge on any atom is -0.490 e. The number of nitrogens with zero attached hydrogens (tertiary/aromatic N) is 1. The minimum atomic E-state index is -0.462. The topological polar surface area (TPSA) is 50.8 Å². The first-order chi connectivity index (χ1) is 20.0. The van der Waals surface area contributed by atoms with Gasteiger partial charge in [-0.2, -0.15) is 0 Å². The summed E-state index contributed by atoms with van der Waals surface area (Å²) in [7, 11) is 0. The van der Waals surface area contributed by atoms with Crippen LogP contribution in [-0.2, 0) is 9.53 Å². The maximum atomic E-state index is 13.5. The highest BCUT2D eigenvalue weighted by Gasteiger charge is 2.23. The molecule has 0 unspecified atom stereocenters. The molecule has 41 heavy (non-hydrogen) atoms. The molecule has 5 rings (SSSR count). The summed E-state index contributed by atoms with van der Waals surface area (Å²) in [6.07, 6.45) is 8.80. The van der Waals surface area contributed by atoms with Gasteiger partial charge in [0.15, 0.2) is 0 Å². The Morgan fingerprint density at radius 1 is 0.878 bits per heavy atom. The Kier molecular flexibility index (Phi) is 10.2. The first-order valence-electron chi connectivity index (χ1n) is 14.6. The van der Waals surface area contributed by atoms with Crippen molar-refractivity contribution in [1.29, 1.82) is 0 Å². The van der Waals surface area contributed by atoms with Crippen LogP contribution in [0.5, 0.6) is 5.75 Å². The zero-order valence-corrected chi connectivity index (χ0v) is 23.3. The largest absolute Gasteiger partial charge is 0.490 e. The van der Waals surface area contributed by atoms with Crippen molar-refractivity contribution in [3.05, 3.63) is 107 Å². The molecule has 0 atom stereocenters. The van der Waals surface area contributed by atoms with Crippen molar-refractivity contribution in [2.75, 3.05) is 32.8 Å². The molecule has 0 aromatic heterocycles. The Balaban J connectivity index is 1.06. The lowest BCUT2D eigenvalue weighted by Crippen LogP contribution is -2.36. The number of benzene rings is 3. The number of carbonyl (C=O) groups is 1. The van der Waals surface area contributed by atoms with E-state index >= 15 is 0 Å². The summed E-state index contributed by atoms with van der Waals surface area (Å²) in [5, 5.41) is 3.10. The van der Waals surface area contributed by atoms with E-state index in [4.69, 9.17) is 9.47 Å². The molecule has 2 aliphatic heterocycles. The molecule has 0 bridgehead atoms. The van der Waals surface area contributed by atoms with Gasteiger partial charge in [-0.05, 0) is 84.9 Å². The van der Waals surface area contributed by atoms with E-state index in [-0.39, 0.29) is 23.6 Å². The predicted octanol–water partition coefficient (Wildman–Crippen LogP) is 6.54. The van der Waals surface area contributed by atoms with Crippen molar-refractivity contribution in [1.82, 2.24) is 10.2 Å². The predicted molar refractivity (Wildman–Crippen MR) is 157 cm³/mol.